The third kappa shape index (κ3) is 22.5. The van der Waals surface area contributed by atoms with Crippen molar-refractivity contribution in [3.8, 4) is 0 Å². The minimum absolute atomic E-state index is 0.319. The number of aliphatic hydroxyl groups excluding tert-OH is 1. The Morgan fingerprint density at radius 1 is 1.79 bits per heavy atom. The molecule has 5 N–H and O–H groups in total. The monoisotopic (exact) mass is 206 g/mol. The maximum atomic E-state index is 8.36. The fourth-order valence-electron chi connectivity index (χ4n) is 0.277. The zero-order chi connectivity index (χ0) is 11.4. The molecule has 1 rings (SSSR count). The molecule has 82 valence electrons. The molecule has 0 radical (unpaired) electrons. The van der Waals surface area contributed by atoms with E-state index in [0.29, 0.717) is 12.6 Å². The van der Waals surface area contributed by atoms with Crippen LogP contribution in [0.5, 0.6) is 0 Å². The van der Waals surface area contributed by atoms with Crippen LogP contribution in [0.2, 0.25) is 0 Å². The first-order valence-corrected chi connectivity index (χ1v) is 3.73. The first kappa shape index (κ1) is 14.7. The summed E-state index contributed by atoms with van der Waals surface area (Å²) in [6.45, 7) is 2.25. The smallest absolute Gasteiger partial charge is 0.291 e. The molecule has 0 aliphatic carbocycles. The summed E-state index contributed by atoms with van der Waals surface area (Å²) < 4.78 is 0. The summed E-state index contributed by atoms with van der Waals surface area (Å²) in [5.74, 6) is 0.468. The number of aliphatic hydroxyl groups is 1. The van der Waals surface area contributed by atoms with Gasteiger partial charge in [-0.05, 0) is 6.42 Å². The molecule has 0 fully saturated rings. The van der Waals surface area contributed by atoms with Crippen LogP contribution in [0.25, 0.3) is 0 Å². The van der Waals surface area contributed by atoms with E-state index < -0.39 is 5.09 Å². The van der Waals surface area contributed by atoms with Crippen LogP contribution in [0.4, 0.5) is 5.95 Å². The molecule has 0 atom stereocenters. The number of H-pyrrole nitrogens is 1. The van der Waals surface area contributed by atoms with E-state index in [-0.39, 0.29) is 0 Å². The van der Waals surface area contributed by atoms with Crippen molar-refractivity contribution in [3.05, 3.63) is 22.5 Å². The molecular weight excluding hydrogens is 192 g/mol. The van der Waals surface area contributed by atoms with Gasteiger partial charge in [0.2, 0.25) is 0 Å². The molecule has 1 heterocycles. The molecule has 0 aliphatic heterocycles. The summed E-state index contributed by atoms with van der Waals surface area (Å²) in [6, 6.07) is 0. The Hall–Kier alpha value is -1.83. The van der Waals surface area contributed by atoms with Crippen LogP contribution in [-0.4, -0.2) is 32.0 Å². The summed E-state index contributed by atoms with van der Waals surface area (Å²) in [5.41, 5.74) is 5.11. The topological polar surface area (TPSA) is 138 Å². The maximum absolute atomic E-state index is 8.36. The summed E-state index contributed by atoms with van der Waals surface area (Å²) >= 11 is 0. The number of aromatic amines is 1. The van der Waals surface area contributed by atoms with Gasteiger partial charge in [-0.15, -0.1) is 10.1 Å². The van der Waals surface area contributed by atoms with Crippen molar-refractivity contribution in [2.75, 3.05) is 12.3 Å². The van der Waals surface area contributed by atoms with Gasteiger partial charge in [-0.3, -0.25) is 0 Å². The van der Waals surface area contributed by atoms with Gasteiger partial charge >= 0.3 is 0 Å². The fraction of sp³-hybridized carbons (Fsp3) is 0.500. The lowest BCUT2D eigenvalue weighted by atomic mass is 10.5. The molecule has 1 aromatic rings. The van der Waals surface area contributed by atoms with Crippen molar-refractivity contribution in [1.82, 2.24) is 9.97 Å². The Morgan fingerprint density at radius 2 is 2.21 bits per heavy atom. The number of nitrogens with zero attached hydrogens (tertiary/aromatic N) is 2. The number of nitrogens with two attached hydrogens (primary N) is 1. The predicted octanol–water partition coefficient (Wildman–Crippen LogP) is 0.0329. The zero-order valence-corrected chi connectivity index (χ0v) is 7.75. The molecule has 0 amide bonds. The largest absolute Gasteiger partial charge is 0.396 e. The molecule has 0 aromatic carbocycles. The molecule has 0 spiro atoms. The third-order valence-electron chi connectivity index (χ3n) is 0.743. The van der Waals surface area contributed by atoms with Crippen molar-refractivity contribution < 1.29 is 15.4 Å². The SMILES string of the molecule is CCCO.Nc1ncc[nH]1.O=[N+]([O-])O. The molecule has 1 aromatic heterocycles. The Morgan fingerprint density at radius 3 is 2.29 bits per heavy atom. The number of aromatic nitrogens is 2. The molecule has 0 bridgehead atoms. The number of nitrogens with one attached hydrogen (secondary N) is 1. The summed E-state index contributed by atoms with van der Waals surface area (Å²) in [7, 11) is 0. The first-order chi connectivity index (χ1) is 6.54. The fourth-order valence-corrected chi connectivity index (χ4v) is 0.277. The van der Waals surface area contributed by atoms with Crippen LogP contribution in [-0.2, 0) is 0 Å². The summed E-state index contributed by atoms with van der Waals surface area (Å²) in [6.07, 6.45) is 4.16. The lowest BCUT2D eigenvalue weighted by molar-refractivity contribution is -0.742. The van der Waals surface area contributed by atoms with E-state index in [0.717, 1.165) is 6.42 Å². The molecule has 8 nitrogen and oxygen atoms in total. The van der Waals surface area contributed by atoms with Gasteiger partial charge in [0.15, 0.2) is 5.95 Å². The van der Waals surface area contributed by atoms with Crippen LogP contribution in [0.15, 0.2) is 12.4 Å². The van der Waals surface area contributed by atoms with Crippen LogP contribution < -0.4 is 5.73 Å². The van der Waals surface area contributed by atoms with E-state index in [2.05, 4.69) is 9.97 Å². The van der Waals surface area contributed by atoms with Gasteiger partial charge < -0.3 is 21.0 Å². The average Bonchev–Trinajstić information content (AvgIpc) is 2.55. The lowest BCUT2D eigenvalue weighted by Crippen LogP contribution is -1.83. The molecule has 0 aliphatic rings. The second-order valence-electron chi connectivity index (χ2n) is 1.94. The van der Waals surface area contributed by atoms with E-state index in [1.807, 2.05) is 6.92 Å². The van der Waals surface area contributed by atoms with Gasteiger partial charge in [-0.25, -0.2) is 4.98 Å². The highest BCUT2D eigenvalue weighted by Gasteiger charge is 1.74. The van der Waals surface area contributed by atoms with E-state index in [1.54, 1.807) is 12.4 Å². The number of hydrogen-bond acceptors (Lipinski definition) is 5. The van der Waals surface area contributed by atoms with Gasteiger partial charge in [-0.1, -0.05) is 6.92 Å². The normalized spacial score (nSPS) is 7.57. The Bertz CT molecular complexity index is 208. The van der Waals surface area contributed by atoms with E-state index in [9.17, 15) is 0 Å². The summed E-state index contributed by atoms with van der Waals surface area (Å²) in [4.78, 5) is 14.7. The molecule has 8 heteroatoms. The van der Waals surface area contributed by atoms with Crippen molar-refractivity contribution in [3.63, 3.8) is 0 Å². The van der Waals surface area contributed by atoms with Crippen LogP contribution in [0.1, 0.15) is 13.3 Å². The second kappa shape index (κ2) is 11.2. The highest BCUT2D eigenvalue weighted by Crippen LogP contribution is 1.81. The van der Waals surface area contributed by atoms with Gasteiger partial charge in [-0.2, -0.15) is 0 Å². The minimum atomic E-state index is -1.50. The Kier molecular flexibility index (Phi) is 11.7. The second-order valence-corrected chi connectivity index (χ2v) is 1.94. The minimum Gasteiger partial charge on any atom is -0.396 e. The zero-order valence-electron chi connectivity index (χ0n) is 7.75. The molecular formula is C6H14N4O4. The number of anilines is 1. The number of rotatable bonds is 1. The van der Waals surface area contributed by atoms with Gasteiger partial charge in [0, 0.05) is 19.0 Å². The van der Waals surface area contributed by atoms with Crippen molar-refractivity contribution in [1.29, 1.82) is 0 Å². The molecule has 14 heavy (non-hydrogen) atoms. The number of nitrogen functional groups attached to an aromatic ring is 1. The highest BCUT2D eigenvalue weighted by molar-refractivity contribution is 5.11. The lowest BCUT2D eigenvalue weighted by Gasteiger charge is -1.70. The van der Waals surface area contributed by atoms with Crippen LogP contribution in [0.3, 0.4) is 0 Å². The standard InChI is InChI=1S/C3H5N3.C3H8O.HNO3/c4-3-5-1-2-6-3;1-2-3-4;2-1(3)4/h1-2H,(H3,4,5,6);4H,2-3H2,1H3;(H,2,3,4). The molecule has 0 unspecified atom stereocenters. The van der Waals surface area contributed by atoms with Crippen LogP contribution in [0, 0.1) is 10.1 Å². The average molecular weight is 206 g/mol. The molecule has 0 saturated heterocycles. The summed E-state index contributed by atoms with van der Waals surface area (Å²) in [5, 5.41) is 21.5. The molecule has 0 saturated carbocycles. The quantitative estimate of drug-likeness (QED) is 0.377. The Balaban J connectivity index is 0. The third-order valence-corrected chi connectivity index (χ3v) is 0.743. The van der Waals surface area contributed by atoms with Crippen molar-refractivity contribution in [2.45, 2.75) is 13.3 Å². The van der Waals surface area contributed by atoms with E-state index in [4.69, 9.17) is 26.2 Å². The highest BCUT2D eigenvalue weighted by atomic mass is 16.9. The van der Waals surface area contributed by atoms with Gasteiger partial charge in [0.25, 0.3) is 5.09 Å². The van der Waals surface area contributed by atoms with E-state index >= 15 is 0 Å². The van der Waals surface area contributed by atoms with Crippen molar-refractivity contribution in [2.24, 2.45) is 0 Å². The Labute approximate surface area is 80.5 Å². The number of imidazole rings is 1. The van der Waals surface area contributed by atoms with Crippen molar-refractivity contribution >= 4 is 5.95 Å². The maximum Gasteiger partial charge on any atom is 0.291 e. The van der Waals surface area contributed by atoms with Crippen LogP contribution >= 0.6 is 0 Å². The van der Waals surface area contributed by atoms with Gasteiger partial charge in [0.05, 0.1) is 0 Å². The van der Waals surface area contributed by atoms with E-state index in [1.165, 1.54) is 0 Å². The first-order valence-electron chi connectivity index (χ1n) is 3.73. The number of hydrogen-bond donors (Lipinski definition) is 4. The van der Waals surface area contributed by atoms with Gasteiger partial charge in [0.1, 0.15) is 0 Å². The predicted molar refractivity (Wildman–Crippen MR) is 49.2 cm³/mol.